The topological polar surface area (TPSA) is 92.1 Å². The number of carbonyl (C=O) groups is 1. The van der Waals surface area contributed by atoms with Gasteiger partial charge in [-0.2, -0.15) is 0 Å². The van der Waals surface area contributed by atoms with Gasteiger partial charge in [0.05, 0.1) is 0 Å². The summed E-state index contributed by atoms with van der Waals surface area (Å²) in [6, 6.07) is 3.40. The van der Waals surface area contributed by atoms with Crippen LogP contribution < -0.4 is 10.1 Å². The summed E-state index contributed by atoms with van der Waals surface area (Å²) in [6.07, 6.45) is 2.90. The molecule has 1 rings (SSSR count). The summed E-state index contributed by atoms with van der Waals surface area (Å²) in [7, 11) is -2.56. The van der Waals surface area contributed by atoms with Gasteiger partial charge < -0.3 is 10.1 Å². The van der Waals surface area contributed by atoms with Crippen LogP contribution in [0.2, 0.25) is 0 Å². The van der Waals surface area contributed by atoms with E-state index in [0.29, 0.717) is 5.88 Å². The van der Waals surface area contributed by atoms with Gasteiger partial charge in [0.2, 0.25) is 5.88 Å². The van der Waals surface area contributed by atoms with Gasteiger partial charge in [0.25, 0.3) is 5.91 Å². The Bertz CT molecular complexity index is 502. The van der Waals surface area contributed by atoms with Crippen LogP contribution in [0.15, 0.2) is 22.8 Å². The number of hydrogen-bond donors (Lipinski definition) is 2. The second-order valence-electron chi connectivity index (χ2n) is 3.66. The first kappa shape index (κ1) is 14.9. The number of halogens is 1. The van der Waals surface area contributed by atoms with Gasteiger partial charge in [0.1, 0.15) is 0 Å². The molecule has 0 aliphatic carbocycles. The van der Waals surface area contributed by atoms with Gasteiger partial charge in [-0.15, -0.1) is 0 Å². The molecule has 1 aromatic rings. The summed E-state index contributed by atoms with van der Waals surface area (Å²) in [6.45, 7) is 0.0479. The van der Waals surface area contributed by atoms with Gasteiger partial charge in [0, 0.05) is 45.0 Å². The lowest BCUT2D eigenvalue weighted by Crippen LogP contribution is -2.32. The van der Waals surface area contributed by atoms with Gasteiger partial charge in [0.15, 0.2) is 6.61 Å². The number of rotatable bonds is 6. The van der Waals surface area contributed by atoms with Crippen LogP contribution in [0.4, 0.5) is 0 Å². The Labute approximate surface area is 114 Å². The zero-order valence-electron chi connectivity index (χ0n) is 9.81. The maximum absolute atomic E-state index is 11.3. The first-order valence-electron chi connectivity index (χ1n) is 5.09. The molecule has 1 atom stereocenters. The van der Waals surface area contributed by atoms with Crippen molar-refractivity contribution < 1.29 is 13.7 Å². The summed E-state index contributed by atoms with van der Waals surface area (Å²) in [4.78, 5) is 15.3. The molecule has 8 heteroatoms. The molecule has 1 unspecified atom stereocenters. The van der Waals surface area contributed by atoms with E-state index in [1.54, 1.807) is 18.3 Å². The van der Waals surface area contributed by atoms with Crippen molar-refractivity contribution in [1.82, 2.24) is 10.3 Å². The van der Waals surface area contributed by atoms with Crippen molar-refractivity contribution in [3.05, 3.63) is 22.8 Å². The van der Waals surface area contributed by atoms with Crippen LogP contribution in [0, 0.1) is 4.78 Å². The largest absolute Gasteiger partial charge is 0.468 e. The standard InChI is InChI=1S/C10H14BrN3O3S/c1-18(12,16)5-4-13-9(15)7-17-10-3-2-8(11)6-14-10/h2-3,6,12H,4-5,7H2,1H3,(H,13,15). The second kappa shape index (κ2) is 6.69. The molecule has 18 heavy (non-hydrogen) atoms. The average Bonchev–Trinajstić information content (AvgIpc) is 2.26. The molecule has 0 saturated heterocycles. The average molecular weight is 336 g/mol. The SMILES string of the molecule is CS(=N)(=O)CCNC(=O)COc1ccc(Br)cn1. The first-order chi connectivity index (χ1) is 8.37. The Balaban J connectivity index is 2.27. The number of aromatic nitrogens is 1. The minimum absolute atomic E-state index is 0.134. The van der Waals surface area contributed by atoms with Crippen molar-refractivity contribution in [3.63, 3.8) is 0 Å². The molecule has 6 nitrogen and oxygen atoms in total. The Morgan fingerprint density at radius 1 is 1.61 bits per heavy atom. The Hall–Kier alpha value is -1.15. The van der Waals surface area contributed by atoms with Gasteiger partial charge in [-0.3, -0.25) is 13.8 Å². The summed E-state index contributed by atoms with van der Waals surface area (Å²) in [5.41, 5.74) is 0. The van der Waals surface area contributed by atoms with Crippen LogP contribution in [0.25, 0.3) is 0 Å². The van der Waals surface area contributed by atoms with E-state index in [9.17, 15) is 9.00 Å². The second-order valence-corrected chi connectivity index (χ2v) is 7.00. The van der Waals surface area contributed by atoms with E-state index in [2.05, 4.69) is 26.2 Å². The molecule has 1 amide bonds. The van der Waals surface area contributed by atoms with Gasteiger partial charge in [-0.25, -0.2) is 4.98 Å². The number of amides is 1. The monoisotopic (exact) mass is 335 g/mol. The minimum Gasteiger partial charge on any atom is -0.468 e. The molecule has 2 N–H and O–H groups in total. The predicted octanol–water partition coefficient (Wildman–Crippen LogP) is 1.02. The third-order valence-electron chi connectivity index (χ3n) is 1.87. The van der Waals surface area contributed by atoms with Crippen LogP contribution in [0.5, 0.6) is 5.88 Å². The van der Waals surface area contributed by atoms with E-state index in [1.165, 1.54) is 6.26 Å². The number of nitrogens with zero attached hydrogens (tertiary/aromatic N) is 1. The lowest BCUT2D eigenvalue weighted by atomic mass is 10.5. The van der Waals surface area contributed by atoms with E-state index < -0.39 is 9.73 Å². The zero-order chi connectivity index (χ0) is 13.6. The predicted molar refractivity (Wildman–Crippen MR) is 72.1 cm³/mol. The Morgan fingerprint density at radius 3 is 2.89 bits per heavy atom. The molecule has 0 spiro atoms. The summed E-state index contributed by atoms with van der Waals surface area (Å²) in [5, 5.41) is 2.52. The molecular formula is C10H14BrN3O3S. The normalized spacial score (nSPS) is 13.7. The van der Waals surface area contributed by atoms with E-state index in [4.69, 9.17) is 9.52 Å². The molecule has 1 aromatic heterocycles. The van der Waals surface area contributed by atoms with E-state index >= 15 is 0 Å². The van der Waals surface area contributed by atoms with Crippen molar-refractivity contribution in [2.45, 2.75) is 0 Å². The third-order valence-corrected chi connectivity index (χ3v) is 3.32. The van der Waals surface area contributed by atoms with E-state index in [-0.39, 0.29) is 24.8 Å². The van der Waals surface area contributed by atoms with Crippen molar-refractivity contribution in [3.8, 4) is 5.88 Å². The van der Waals surface area contributed by atoms with Crippen molar-refractivity contribution in [2.75, 3.05) is 25.2 Å². The number of nitrogens with one attached hydrogen (secondary N) is 2. The molecule has 0 aromatic carbocycles. The van der Waals surface area contributed by atoms with Crippen LogP contribution >= 0.6 is 15.9 Å². The molecule has 0 aliphatic heterocycles. The lowest BCUT2D eigenvalue weighted by molar-refractivity contribution is -0.123. The highest BCUT2D eigenvalue weighted by Gasteiger charge is 2.04. The zero-order valence-corrected chi connectivity index (χ0v) is 12.2. The number of hydrogen-bond acceptors (Lipinski definition) is 5. The number of carbonyl (C=O) groups excluding carboxylic acids is 1. The molecule has 1 heterocycles. The van der Waals surface area contributed by atoms with Crippen LogP contribution in [-0.4, -0.2) is 40.3 Å². The summed E-state index contributed by atoms with van der Waals surface area (Å²) in [5.74, 6) is 0.159. The third kappa shape index (κ3) is 6.55. The van der Waals surface area contributed by atoms with Crippen LogP contribution in [0.1, 0.15) is 0 Å². The lowest BCUT2D eigenvalue weighted by Gasteiger charge is -2.06. The number of pyridine rings is 1. The van der Waals surface area contributed by atoms with Crippen LogP contribution in [0.3, 0.4) is 0 Å². The molecule has 0 aliphatic rings. The summed E-state index contributed by atoms with van der Waals surface area (Å²) >= 11 is 3.24. The quantitative estimate of drug-likeness (QED) is 0.811. The highest BCUT2D eigenvalue weighted by atomic mass is 79.9. The molecule has 0 radical (unpaired) electrons. The summed E-state index contributed by atoms with van der Waals surface area (Å²) < 4.78 is 24.2. The van der Waals surface area contributed by atoms with Gasteiger partial charge >= 0.3 is 0 Å². The fraction of sp³-hybridized carbons (Fsp3) is 0.400. The highest BCUT2D eigenvalue weighted by Crippen LogP contribution is 2.11. The van der Waals surface area contributed by atoms with Crippen LogP contribution in [-0.2, 0) is 14.5 Å². The van der Waals surface area contributed by atoms with Gasteiger partial charge in [-0.05, 0) is 22.0 Å². The molecule has 0 saturated carbocycles. The highest BCUT2D eigenvalue weighted by molar-refractivity contribution is 9.10. The Kier molecular flexibility index (Phi) is 5.54. The fourth-order valence-electron chi connectivity index (χ4n) is 1.02. The van der Waals surface area contributed by atoms with Gasteiger partial charge in [-0.1, -0.05) is 0 Å². The maximum Gasteiger partial charge on any atom is 0.258 e. The van der Waals surface area contributed by atoms with Crippen molar-refractivity contribution >= 4 is 31.6 Å². The maximum atomic E-state index is 11.3. The molecule has 0 bridgehead atoms. The molecule has 0 fully saturated rings. The van der Waals surface area contributed by atoms with Crippen molar-refractivity contribution in [2.24, 2.45) is 0 Å². The van der Waals surface area contributed by atoms with E-state index in [1.807, 2.05) is 0 Å². The van der Waals surface area contributed by atoms with Crippen molar-refractivity contribution in [1.29, 1.82) is 4.78 Å². The first-order valence-corrected chi connectivity index (χ1v) is 8.02. The fourth-order valence-corrected chi connectivity index (χ4v) is 1.75. The Morgan fingerprint density at radius 2 is 2.33 bits per heavy atom. The van der Waals surface area contributed by atoms with E-state index in [0.717, 1.165) is 4.47 Å². The smallest absolute Gasteiger partial charge is 0.258 e. The number of ether oxygens (including phenoxy) is 1. The molecule has 100 valence electrons. The minimum atomic E-state index is -2.56. The molecular weight excluding hydrogens is 322 g/mol.